The van der Waals surface area contributed by atoms with Crippen LogP contribution in [-0.2, 0) is 11.0 Å². The van der Waals surface area contributed by atoms with Crippen LogP contribution in [0.1, 0.15) is 11.1 Å². The first-order valence-corrected chi connectivity index (χ1v) is 6.50. The first-order chi connectivity index (χ1) is 6.54. The van der Waals surface area contributed by atoms with Gasteiger partial charge in [0.25, 0.3) is 0 Å². The first-order valence-electron chi connectivity index (χ1n) is 4.22. The normalized spacial score (nSPS) is 11.0. The lowest BCUT2D eigenvalue weighted by atomic mass is 10.1. The summed E-state index contributed by atoms with van der Waals surface area (Å²) in [6.45, 7) is 0.855. The highest BCUT2D eigenvalue weighted by Crippen LogP contribution is 2.27. The van der Waals surface area contributed by atoms with E-state index in [1.54, 1.807) is 6.07 Å². The maximum atomic E-state index is 6.14. The van der Waals surface area contributed by atoms with E-state index in [0.29, 0.717) is 5.02 Å². The number of nitrogens with zero attached hydrogens (tertiary/aromatic N) is 1. The van der Waals surface area contributed by atoms with Gasteiger partial charge in [0.1, 0.15) is 0 Å². The van der Waals surface area contributed by atoms with Gasteiger partial charge < -0.3 is 4.90 Å². The van der Waals surface area contributed by atoms with E-state index in [1.807, 2.05) is 20.2 Å². The molecule has 0 aliphatic carbocycles. The van der Waals surface area contributed by atoms with Crippen molar-refractivity contribution in [2.24, 2.45) is 0 Å². The molecule has 0 amide bonds. The molecule has 4 heteroatoms. The summed E-state index contributed by atoms with van der Waals surface area (Å²) in [6, 6.07) is 3.79. The van der Waals surface area contributed by atoms with Gasteiger partial charge in [0, 0.05) is 21.0 Å². The lowest BCUT2D eigenvalue weighted by Crippen LogP contribution is -2.12. The van der Waals surface area contributed by atoms with Crippen LogP contribution in [0.2, 0.25) is 10.0 Å². The van der Waals surface area contributed by atoms with Crippen LogP contribution in [0.25, 0.3) is 0 Å². The maximum absolute atomic E-state index is 6.14. The largest absolute Gasteiger partial charge is 0.305 e. The summed E-state index contributed by atoms with van der Waals surface area (Å²) in [7, 11) is 4.06. The Morgan fingerprint density at radius 2 is 1.93 bits per heavy atom. The molecule has 0 saturated carbocycles. The fraction of sp³-hybridized carbons (Fsp3) is 0.400. The van der Waals surface area contributed by atoms with Crippen molar-refractivity contribution in [1.29, 1.82) is 0 Å². The molecule has 0 atom stereocenters. The molecular weight excluding hydrogens is 332 g/mol. The highest BCUT2D eigenvalue weighted by Gasteiger charge is 2.08. The van der Waals surface area contributed by atoms with Crippen LogP contribution in [-0.4, -0.2) is 19.0 Å². The van der Waals surface area contributed by atoms with Crippen LogP contribution in [0.3, 0.4) is 0 Å². The average molecular weight is 344 g/mol. The molecule has 0 bridgehead atoms. The summed E-state index contributed by atoms with van der Waals surface area (Å²) in [6.07, 6.45) is 0. The minimum atomic E-state index is 0.712. The van der Waals surface area contributed by atoms with Crippen molar-refractivity contribution >= 4 is 45.8 Å². The van der Waals surface area contributed by atoms with Gasteiger partial charge in [-0.3, -0.25) is 0 Å². The molecule has 0 aliphatic heterocycles. The van der Waals surface area contributed by atoms with Crippen molar-refractivity contribution in [2.45, 2.75) is 11.0 Å². The van der Waals surface area contributed by atoms with E-state index >= 15 is 0 Å². The molecule has 0 aliphatic rings. The Morgan fingerprint density at radius 1 is 1.29 bits per heavy atom. The number of alkyl halides is 1. The molecule has 0 spiro atoms. The molecule has 1 aromatic carbocycles. The molecule has 0 N–H and O–H groups in total. The van der Waals surface area contributed by atoms with Crippen LogP contribution in [0, 0.1) is 0 Å². The molecule has 78 valence electrons. The van der Waals surface area contributed by atoms with Gasteiger partial charge in [-0.1, -0.05) is 45.8 Å². The van der Waals surface area contributed by atoms with Gasteiger partial charge in [-0.2, -0.15) is 0 Å². The standard InChI is InChI=1S/C10H12Cl2IN/c1-14(2)6-9-7(5-13)3-8(11)4-10(9)12/h3-4H,5-6H2,1-2H3. The van der Waals surface area contributed by atoms with Crippen LogP contribution in [0.5, 0.6) is 0 Å². The summed E-state index contributed by atoms with van der Waals surface area (Å²) in [4.78, 5) is 2.10. The fourth-order valence-electron chi connectivity index (χ4n) is 1.27. The summed E-state index contributed by atoms with van der Waals surface area (Å²) in [5.41, 5.74) is 2.40. The Bertz CT molecular complexity index is 326. The quantitative estimate of drug-likeness (QED) is 0.592. The third-order valence-corrected chi connectivity index (χ3v) is 3.25. The molecule has 0 saturated heterocycles. The number of halogens is 3. The van der Waals surface area contributed by atoms with Gasteiger partial charge in [-0.05, 0) is 37.4 Å². The van der Waals surface area contributed by atoms with Crippen molar-refractivity contribution < 1.29 is 0 Å². The van der Waals surface area contributed by atoms with E-state index in [1.165, 1.54) is 11.1 Å². The SMILES string of the molecule is CN(C)Cc1c(Cl)cc(Cl)cc1CI. The van der Waals surface area contributed by atoms with Crippen LogP contribution < -0.4 is 0 Å². The zero-order chi connectivity index (χ0) is 10.7. The van der Waals surface area contributed by atoms with Crippen LogP contribution >= 0.6 is 45.8 Å². The lowest BCUT2D eigenvalue weighted by molar-refractivity contribution is 0.401. The monoisotopic (exact) mass is 343 g/mol. The van der Waals surface area contributed by atoms with Crippen LogP contribution in [0.4, 0.5) is 0 Å². The third kappa shape index (κ3) is 3.26. The molecule has 0 heterocycles. The van der Waals surface area contributed by atoms with Crippen molar-refractivity contribution in [3.63, 3.8) is 0 Å². The summed E-state index contributed by atoms with van der Waals surface area (Å²) < 4.78 is 0.932. The van der Waals surface area contributed by atoms with Crippen molar-refractivity contribution in [1.82, 2.24) is 4.90 Å². The smallest absolute Gasteiger partial charge is 0.0468 e. The topological polar surface area (TPSA) is 3.24 Å². The highest BCUT2D eigenvalue weighted by atomic mass is 127. The van der Waals surface area contributed by atoms with Gasteiger partial charge in [-0.25, -0.2) is 0 Å². The Labute approximate surface area is 109 Å². The lowest BCUT2D eigenvalue weighted by Gasteiger charge is -2.15. The van der Waals surface area contributed by atoms with Gasteiger partial charge in [-0.15, -0.1) is 0 Å². The molecule has 1 aromatic rings. The molecule has 0 fully saturated rings. The second-order valence-corrected chi connectivity index (χ2v) is 5.00. The number of rotatable bonds is 3. The molecule has 1 rings (SSSR count). The van der Waals surface area contributed by atoms with Crippen molar-refractivity contribution in [3.8, 4) is 0 Å². The van der Waals surface area contributed by atoms with E-state index in [4.69, 9.17) is 23.2 Å². The van der Waals surface area contributed by atoms with Crippen LogP contribution in [0.15, 0.2) is 12.1 Å². The zero-order valence-corrected chi connectivity index (χ0v) is 11.8. The molecule has 0 unspecified atom stereocenters. The Morgan fingerprint density at radius 3 is 2.43 bits per heavy atom. The summed E-state index contributed by atoms with van der Waals surface area (Å²) in [5, 5.41) is 1.47. The molecule has 0 aromatic heterocycles. The second-order valence-electron chi connectivity index (χ2n) is 3.40. The summed E-state index contributed by atoms with van der Waals surface area (Å²) in [5.74, 6) is 0. The number of benzene rings is 1. The second kappa shape index (κ2) is 5.54. The molecule has 14 heavy (non-hydrogen) atoms. The van der Waals surface area contributed by atoms with E-state index in [9.17, 15) is 0 Å². The van der Waals surface area contributed by atoms with E-state index in [0.717, 1.165) is 16.0 Å². The van der Waals surface area contributed by atoms with Gasteiger partial charge in [0.05, 0.1) is 0 Å². The molecule has 0 radical (unpaired) electrons. The van der Waals surface area contributed by atoms with Crippen molar-refractivity contribution in [2.75, 3.05) is 14.1 Å². The maximum Gasteiger partial charge on any atom is 0.0468 e. The zero-order valence-electron chi connectivity index (χ0n) is 8.15. The van der Waals surface area contributed by atoms with Crippen molar-refractivity contribution in [3.05, 3.63) is 33.3 Å². The van der Waals surface area contributed by atoms with Gasteiger partial charge >= 0.3 is 0 Å². The number of hydrogen-bond acceptors (Lipinski definition) is 1. The van der Waals surface area contributed by atoms with Gasteiger partial charge in [0.15, 0.2) is 0 Å². The third-order valence-electron chi connectivity index (χ3n) is 1.87. The van der Waals surface area contributed by atoms with E-state index < -0.39 is 0 Å². The highest BCUT2D eigenvalue weighted by molar-refractivity contribution is 14.1. The average Bonchev–Trinajstić information content (AvgIpc) is 2.08. The molecule has 1 nitrogen and oxygen atoms in total. The van der Waals surface area contributed by atoms with E-state index in [2.05, 4.69) is 27.5 Å². The Kier molecular flexibility index (Phi) is 4.97. The Balaban J connectivity index is 3.11. The Hall–Kier alpha value is 0.490. The number of hydrogen-bond donors (Lipinski definition) is 0. The minimum absolute atomic E-state index is 0.712. The van der Waals surface area contributed by atoms with E-state index in [-0.39, 0.29) is 0 Å². The molecular formula is C10H12Cl2IN. The summed E-state index contributed by atoms with van der Waals surface area (Å²) >= 11 is 14.4. The first kappa shape index (κ1) is 12.6. The predicted octanol–water partition coefficient (Wildman–Crippen LogP) is 3.99. The minimum Gasteiger partial charge on any atom is -0.305 e. The fourth-order valence-corrected chi connectivity index (χ4v) is 2.55. The van der Waals surface area contributed by atoms with Gasteiger partial charge in [0.2, 0.25) is 0 Å². The predicted molar refractivity (Wildman–Crippen MR) is 71.6 cm³/mol.